The van der Waals surface area contributed by atoms with Gasteiger partial charge in [-0.1, -0.05) is 6.92 Å². The Kier molecular flexibility index (Phi) is 3.88. The van der Waals surface area contributed by atoms with Gasteiger partial charge >= 0.3 is 0 Å². The smallest absolute Gasteiger partial charge is 0.119 e. The summed E-state index contributed by atoms with van der Waals surface area (Å²) in [5.41, 5.74) is 4.85. The van der Waals surface area contributed by atoms with E-state index in [0.717, 1.165) is 29.0 Å². The van der Waals surface area contributed by atoms with E-state index in [-0.39, 0.29) is 0 Å². The monoisotopic (exact) mass is 334 g/mol. The van der Waals surface area contributed by atoms with Gasteiger partial charge in [0.25, 0.3) is 0 Å². The number of methoxy groups -OCH3 is 2. The molecular weight excluding hydrogens is 312 g/mol. The molecule has 25 heavy (non-hydrogen) atoms. The Labute approximate surface area is 146 Å². The van der Waals surface area contributed by atoms with Crippen molar-refractivity contribution in [3.63, 3.8) is 0 Å². The first-order chi connectivity index (χ1) is 12.2. The Balaban J connectivity index is 1.88. The fraction of sp³-hybridized carbons (Fsp3) is 0.238. The first-order valence-corrected chi connectivity index (χ1v) is 8.55. The zero-order chi connectivity index (χ0) is 17.4. The summed E-state index contributed by atoms with van der Waals surface area (Å²) in [5, 5.41) is 2.42. The van der Waals surface area contributed by atoms with Crippen molar-refractivity contribution in [3.05, 3.63) is 59.9 Å². The van der Waals surface area contributed by atoms with Gasteiger partial charge in [0.05, 0.1) is 14.2 Å². The van der Waals surface area contributed by atoms with Crippen LogP contribution in [0.2, 0.25) is 0 Å². The minimum absolute atomic E-state index is 0.293. The lowest BCUT2D eigenvalue weighted by molar-refractivity contribution is 0.415. The summed E-state index contributed by atoms with van der Waals surface area (Å²) in [4.78, 5) is 6.79. The zero-order valence-electron chi connectivity index (χ0n) is 14.7. The van der Waals surface area contributed by atoms with Gasteiger partial charge in [-0.3, -0.25) is 0 Å². The fourth-order valence-corrected chi connectivity index (χ4v) is 3.68. The van der Waals surface area contributed by atoms with Crippen LogP contribution in [0.1, 0.15) is 30.4 Å². The van der Waals surface area contributed by atoms with Gasteiger partial charge in [0.2, 0.25) is 0 Å². The molecule has 0 spiro atoms. The molecule has 0 radical (unpaired) electrons. The molecule has 0 atom stereocenters. The van der Waals surface area contributed by atoms with Crippen LogP contribution < -0.4 is 9.47 Å². The minimum Gasteiger partial charge on any atom is -0.497 e. The van der Waals surface area contributed by atoms with Crippen molar-refractivity contribution in [2.24, 2.45) is 0 Å². The SMILES string of the molecule is CCC(c1c[nH]c2ccc(OC)cc12)c1c[nH]c2ccc(OC)cc12. The van der Waals surface area contributed by atoms with E-state index in [0.29, 0.717) is 5.92 Å². The number of rotatable bonds is 5. The Hall–Kier alpha value is -2.88. The molecule has 128 valence electrons. The van der Waals surface area contributed by atoms with E-state index in [1.807, 2.05) is 12.1 Å². The van der Waals surface area contributed by atoms with Crippen LogP contribution in [0.15, 0.2) is 48.8 Å². The number of nitrogens with one attached hydrogen (secondary N) is 2. The van der Waals surface area contributed by atoms with Crippen molar-refractivity contribution in [3.8, 4) is 11.5 Å². The summed E-state index contributed by atoms with van der Waals surface area (Å²) in [7, 11) is 3.41. The van der Waals surface area contributed by atoms with Crippen LogP contribution in [0.4, 0.5) is 0 Å². The number of H-pyrrole nitrogens is 2. The third-order valence-corrected chi connectivity index (χ3v) is 5.00. The normalized spacial score (nSPS) is 11.5. The summed E-state index contributed by atoms with van der Waals surface area (Å²) in [6, 6.07) is 12.3. The van der Waals surface area contributed by atoms with Crippen LogP contribution in [0, 0.1) is 0 Å². The molecule has 4 heteroatoms. The molecule has 4 nitrogen and oxygen atoms in total. The van der Waals surface area contributed by atoms with Crippen molar-refractivity contribution in [1.82, 2.24) is 9.97 Å². The molecule has 2 aromatic carbocycles. The van der Waals surface area contributed by atoms with E-state index < -0.39 is 0 Å². The molecule has 0 saturated heterocycles. The number of aromatic nitrogens is 2. The van der Waals surface area contributed by atoms with Gasteiger partial charge in [-0.05, 0) is 53.9 Å². The Morgan fingerprint density at radius 2 is 1.28 bits per heavy atom. The molecule has 0 aliphatic carbocycles. The second kappa shape index (κ2) is 6.20. The molecule has 4 aromatic rings. The Morgan fingerprint density at radius 3 is 1.68 bits per heavy atom. The topological polar surface area (TPSA) is 50.0 Å². The van der Waals surface area contributed by atoms with E-state index in [2.05, 4.69) is 53.6 Å². The van der Waals surface area contributed by atoms with Gasteiger partial charge in [-0.15, -0.1) is 0 Å². The third kappa shape index (κ3) is 2.54. The average molecular weight is 334 g/mol. The molecule has 2 aromatic heterocycles. The minimum atomic E-state index is 0.293. The van der Waals surface area contributed by atoms with Crippen LogP contribution in [0.3, 0.4) is 0 Å². The number of fused-ring (bicyclic) bond motifs is 2. The van der Waals surface area contributed by atoms with Gasteiger partial charge in [-0.25, -0.2) is 0 Å². The van der Waals surface area contributed by atoms with Crippen molar-refractivity contribution < 1.29 is 9.47 Å². The van der Waals surface area contributed by atoms with Crippen molar-refractivity contribution >= 4 is 21.8 Å². The lowest BCUT2D eigenvalue weighted by Gasteiger charge is -2.14. The molecule has 0 amide bonds. The predicted molar refractivity (Wildman–Crippen MR) is 102 cm³/mol. The molecule has 0 aliphatic heterocycles. The first kappa shape index (κ1) is 15.6. The second-order valence-corrected chi connectivity index (χ2v) is 6.27. The van der Waals surface area contributed by atoms with Gasteiger partial charge in [-0.2, -0.15) is 0 Å². The van der Waals surface area contributed by atoms with E-state index in [1.165, 1.54) is 21.9 Å². The number of benzene rings is 2. The summed E-state index contributed by atoms with van der Waals surface area (Å²) in [5.74, 6) is 2.05. The number of hydrogen-bond donors (Lipinski definition) is 2. The summed E-state index contributed by atoms with van der Waals surface area (Å²) < 4.78 is 10.8. The molecular formula is C21H22N2O2. The standard InChI is InChI=1S/C21H22N2O2/c1-4-15(18-11-22-20-7-5-13(24-2)9-16(18)20)19-12-23-21-8-6-14(25-3)10-17(19)21/h5-12,15,22-23H,4H2,1-3H3. The van der Waals surface area contributed by atoms with Gasteiger partial charge in [0.1, 0.15) is 11.5 Å². The fourth-order valence-electron chi connectivity index (χ4n) is 3.68. The largest absolute Gasteiger partial charge is 0.497 e. The zero-order valence-corrected chi connectivity index (χ0v) is 14.7. The van der Waals surface area contributed by atoms with Crippen LogP contribution in [-0.4, -0.2) is 24.2 Å². The quantitative estimate of drug-likeness (QED) is 0.526. The highest BCUT2D eigenvalue weighted by atomic mass is 16.5. The Morgan fingerprint density at radius 1 is 0.800 bits per heavy atom. The van der Waals surface area contributed by atoms with Crippen LogP contribution >= 0.6 is 0 Å². The van der Waals surface area contributed by atoms with Crippen LogP contribution in [0.5, 0.6) is 11.5 Å². The van der Waals surface area contributed by atoms with Crippen molar-refractivity contribution in [1.29, 1.82) is 0 Å². The highest BCUT2D eigenvalue weighted by Gasteiger charge is 2.20. The number of hydrogen-bond acceptors (Lipinski definition) is 2. The third-order valence-electron chi connectivity index (χ3n) is 5.00. The molecule has 2 N–H and O–H groups in total. The maximum atomic E-state index is 5.41. The molecule has 0 bridgehead atoms. The van der Waals surface area contributed by atoms with E-state index >= 15 is 0 Å². The molecule has 0 saturated carbocycles. The summed E-state index contributed by atoms with van der Waals surface area (Å²) in [6.45, 7) is 2.22. The molecule has 4 rings (SSSR count). The van der Waals surface area contributed by atoms with E-state index in [9.17, 15) is 0 Å². The number of aromatic amines is 2. The average Bonchev–Trinajstić information content (AvgIpc) is 3.26. The lowest BCUT2D eigenvalue weighted by Crippen LogP contribution is -1.98. The first-order valence-electron chi connectivity index (χ1n) is 8.55. The molecule has 0 unspecified atom stereocenters. The van der Waals surface area contributed by atoms with Gasteiger partial charge in [0.15, 0.2) is 0 Å². The maximum Gasteiger partial charge on any atom is 0.119 e. The summed E-state index contributed by atoms with van der Waals surface area (Å²) >= 11 is 0. The molecule has 0 aliphatic rings. The van der Waals surface area contributed by atoms with Crippen LogP contribution in [-0.2, 0) is 0 Å². The van der Waals surface area contributed by atoms with E-state index in [4.69, 9.17) is 9.47 Å². The molecule has 0 fully saturated rings. The van der Waals surface area contributed by atoms with E-state index in [1.54, 1.807) is 14.2 Å². The summed E-state index contributed by atoms with van der Waals surface area (Å²) in [6.07, 6.45) is 5.25. The Bertz CT molecular complexity index is 947. The second-order valence-electron chi connectivity index (χ2n) is 6.27. The highest BCUT2D eigenvalue weighted by Crippen LogP contribution is 2.38. The van der Waals surface area contributed by atoms with Gasteiger partial charge < -0.3 is 19.4 Å². The van der Waals surface area contributed by atoms with Crippen molar-refractivity contribution in [2.45, 2.75) is 19.3 Å². The molecule has 2 heterocycles. The van der Waals surface area contributed by atoms with Crippen molar-refractivity contribution in [2.75, 3.05) is 14.2 Å². The van der Waals surface area contributed by atoms with Gasteiger partial charge in [0, 0.05) is 40.1 Å². The lowest BCUT2D eigenvalue weighted by atomic mass is 9.88. The maximum absolute atomic E-state index is 5.41. The number of ether oxygens (including phenoxy) is 2. The van der Waals surface area contributed by atoms with Crippen LogP contribution in [0.25, 0.3) is 21.8 Å². The highest BCUT2D eigenvalue weighted by molar-refractivity contribution is 5.89. The predicted octanol–water partition coefficient (Wildman–Crippen LogP) is 5.21.